The van der Waals surface area contributed by atoms with Crippen LogP contribution in [0.2, 0.25) is 0 Å². The van der Waals surface area contributed by atoms with Gasteiger partial charge in [-0.15, -0.1) is 0 Å². The number of halogens is 1. The van der Waals surface area contributed by atoms with Crippen LogP contribution in [0.1, 0.15) is 36.9 Å². The summed E-state index contributed by atoms with van der Waals surface area (Å²) >= 11 is 0. The normalized spacial score (nSPS) is 19.8. The fourth-order valence-corrected chi connectivity index (χ4v) is 2.29. The number of hydrogen-bond acceptors (Lipinski definition) is 2. The van der Waals surface area contributed by atoms with Crippen molar-refractivity contribution in [3.8, 4) is 5.75 Å². The van der Waals surface area contributed by atoms with Crippen molar-refractivity contribution in [1.29, 1.82) is 0 Å². The van der Waals surface area contributed by atoms with E-state index in [0.29, 0.717) is 0 Å². The molecule has 1 aromatic rings. The lowest BCUT2D eigenvalue weighted by Gasteiger charge is -2.18. The predicted octanol–water partition coefficient (Wildman–Crippen LogP) is 2.96. The van der Waals surface area contributed by atoms with Crippen LogP contribution in [-0.2, 0) is 0 Å². The first-order valence-electron chi connectivity index (χ1n) is 5.88. The molecule has 1 aliphatic heterocycles. The molecule has 0 aliphatic carbocycles. The molecule has 0 aromatic heterocycles. The van der Waals surface area contributed by atoms with Crippen molar-refractivity contribution in [2.45, 2.75) is 32.7 Å². The maximum absolute atomic E-state index is 13.4. The Labute approximate surface area is 95.8 Å². The van der Waals surface area contributed by atoms with Crippen LogP contribution in [0.15, 0.2) is 12.1 Å². The highest BCUT2D eigenvalue weighted by Crippen LogP contribution is 2.34. The third kappa shape index (κ3) is 2.19. The van der Waals surface area contributed by atoms with Crippen molar-refractivity contribution in [3.05, 3.63) is 29.1 Å². The number of hydrogen-bond donors (Lipinski definition) is 1. The lowest BCUT2D eigenvalue weighted by molar-refractivity contribution is 0.313. The largest absolute Gasteiger partial charge is 0.493 e. The number of fused-ring (bicyclic) bond motifs is 1. The van der Waals surface area contributed by atoms with Gasteiger partial charge in [0.05, 0.1) is 6.61 Å². The highest BCUT2D eigenvalue weighted by Gasteiger charge is 2.21. The summed E-state index contributed by atoms with van der Waals surface area (Å²) in [6.45, 7) is 5.58. The van der Waals surface area contributed by atoms with Gasteiger partial charge in [-0.1, -0.05) is 6.92 Å². The van der Waals surface area contributed by atoms with E-state index in [1.807, 2.05) is 6.92 Å². The number of rotatable bonds is 2. The zero-order chi connectivity index (χ0) is 11.5. The minimum atomic E-state index is -0.176. The van der Waals surface area contributed by atoms with Crippen molar-refractivity contribution < 1.29 is 9.13 Å². The Morgan fingerprint density at radius 2 is 2.31 bits per heavy atom. The Bertz CT molecular complexity index is 378. The van der Waals surface area contributed by atoms with Gasteiger partial charge in [0.2, 0.25) is 0 Å². The van der Waals surface area contributed by atoms with Crippen LogP contribution >= 0.6 is 0 Å². The van der Waals surface area contributed by atoms with Crippen molar-refractivity contribution >= 4 is 0 Å². The molecule has 0 saturated heterocycles. The lowest BCUT2D eigenvalue weighted by Crippen LogP contribution is -2.20. The quantitative estimate of drug-likeness (QED) is 0.832. The Kier molecular flexibility index (Phi) is 3.44. The van der Waals surface area contributed by atoms with Crippen LogP contribution in [0.25, 0.3) is 0 Å². The summed E-state index contributed by atoms with van der Waals surface area (Å²) in [5, 5.41) is 3.39. The van der Waals surface area contributed by atoms with Gasteiger partial charge in [0.25, 0.3) is 0 Å². The summed E-state index contributed by atoms with van der Waals surface area (Å²) in [5.41, 5.74) is 1.86. The minimum Gasteiger partial charge on any atom is -0.493 e. The van der Waals surface area contributed by atoms with E-state index in [4.69, 9.17) is 4.74 Å². The van der Waals surface area contributed by atoms with E-state index >= 15 is 0 Å². The molecule has 0 amide bonds. The standard InChI is InChI=1S/C13H18FNO/c1-3-15-12-5-4-6-16-13-9(2)7-10(14)8-11(12)13/h7-8,12,15H,3-6H2,1-2H3. The molecule has 16 heavy (non-hydrogen) atoms. The van der Waals surface area contributed by atoms with Gasteiger partial charge in [-0.05, 0) is 44.0 Å². The van der Waals surface area contributed by atoms with E-state index in [0.717, 1.165) is 42.9 Å². The van der Waals surface area contributed by atoms with E-state index in [-0.39, 0.29) is 11.9 Å². The van der Waals surface area contributed by atoms with E-state index in [2.05, 4.69) is 12.2 Å². The molecule has 0 spiro atoms. The topological polar surface area (TPSA) is 21.3 Å². The van der Waals surface area contributed by atoms with Gasteiger partial charge < -0.3 is 10.1 Å². The maximum atomic E-state index is 13.4. The molecule has 1 atom stereocenters. The summed E-state index contributed by atoms with van der Waals surface area (Å²) in [5.74, 6) is 0.689. The lowest BCUT2D eigenvalue weighted by atomic mass is 9.99. The van der Waals surface area contributed by atoms with Gasteiger partial charge in [-0.25, -0.2) is 4.39 Å². The molecule has 1 aliphatic rings. The van der Waals surface area contributed by atoms with Crippen LogP contribution in [0, 0.1) is 12.7 Å². The molecule has 2 nitrogen and oxygen atoms in total. The summed E-state index contributed by atoms with van der Waals surface area (Å²) in [6, 6.07) is 3.35. The van der Waals surface area contributed by atoms with E-state index in [1.54, 1.807) is 6.07 Å². The first-order valence-corrected chi connectivity index (χ1v) is 5.88. The van der Waals surface area contributed by atoms with Crippen LogP contribution < -0.4 is 10.1 Å². The fourth-order valence-electron chi connectivity index (χ4n) is 2.29. The van der Waals surface area contributed by atoms with Crippen LogP contribution in [0.4, 0.5) is 4.39 Å². The van der Waals surface area contributed by atoms with Gasteiger partial charge >= 0.3 is 0 Å². The second-order valence-corrected chi connectivity index (χ2v) is 4.24. The monoisotopic (exact) mass is 223 g/mol. The highest BCUT2D eigenvalue weighted by molar-refractivity contribution is 5.43. The highest BCUT2D eigenvalue weighted by atomic mass is 19.1. The van der Waals surface area contributed by atoms with Gasteiger partial charge in [-0.3, -0.25) is 0 Å². The molecule has 2 rings (SSSR count). The molecule has 1 unspecified atom stereocenters. The second-order valence-electron chi connectivity index (χ2n) is 4.24. The summed E-state index contributed by atoms with van der Waals surface area (Å²) < 4.78 is 19.1. The van der Waals surface area contributed by atoms with Crippen molar-refractivity contribution in [2.75, 3.05) is 13.2 Å². The average molecular weight is 223 g/mol. The Morgan fingerprint density at radius 3 is 3.06 bits per heavy atom. The van der Waals surface area contributed by atoms with Gasteiger partial charge in [0.1, 0.15) is 11.6 Å². The molecular weight excluding hydrogens is 205 g/mol. The third-order valence-electron chi connectivity index (χ3n) is 2.98. The molecule has 88 valence electrons. The second kappa shape index (κ2) is 4.83. The fraction of sp³-hybridized carbons (Fsp3) is 0.538. The number of nitrogens with one attached hydrogen (secondary N) is 1. The molecule has 1 heterocycles. The minimum absolute atomic E-state index is 0.176. The van der Waals surface area contributed by atoms with Crippen LogP contribution in [0.3, 0.4) is 0 Å². The molecule has 1 aromatic carbocycles. The summed E-state index contributed by atoms with van der Waals surface area (Å²) in [7, 11) is 0. The molecule has 1 N–H and O–H groups in total. The van der Waals surface area contributed by atoms with E-state index in [9.17, 15) is 4.39 Å². The first kappa shape index (κ1) is 11.4. The SMILES string of the molecule is CCNC1CCCOc2c(C)cc(F)cc21. The zero-order valence-corrected chi connectivity index (χ0v) is 9.85. The molecule has 3 heteroatoms. The average Bonchev–Trinajstić information content (AvgIpc) is 2.42. The first-order chi connectivity index (χ1) is 7.72. The van der Waals surface area contributed by atoms with Crippen LogP contribution in [-0.4, -0.2) is 13.2 Å². The van der Waals surface area contributed by atoms with E-state index < -0.39 is 0 Å². The third-order valence-corrected chi connectivity index (χ3v) is 2.98. The van der Waals surface area contributed by atoms with Crippen LogP contribution in [0.5, 0.6) is 5.75 Å². The van der Waals surface area contributed by atoms with Crippen molar-refractivity contribution in [1.82, 2.24) is 5.32 Å². The number of aryl methyl sites for hydroxylation is 1. The predicted molar refractivity (Wildman–Crippen MR) is 62.3 cm³/mol. The van der Waals surface area contributed by atoms with E-state index in [1.165, 1.54) is 6.07 Å². The molecule has 0 radical (unpaired) electrons. The Hall–Kier alpha value is -1.09. The number of benzene rings is 1. The molecule has 0 bridgehead atoms. The summed E-state index contributed by atoms with van der Waals surface area (Å²) in [6.07, 6.45) is 2.01. The maximum Gasteiger partial charge on any atom is 0.127 e. The molecule has 0 saturated carbocycles. The summed E-state index contributed by atoms with van der Waals surface area (Å²) in [4.78, 5) is 0. The molecular formula is C13H18FNO. The van der Waals surface area contributed by atoms with Gasteiger partial charge in [0, 0.05) is 11.6 Å². The Balaban J connectivity index is 2.43. The van der Waals surface area contributed by atoms with Gasteiger partial charge in [0.15, 0.2) is 0 Å². The van der Waals surface area contributed by atoms with Crippen molar-refractivity contribution in [3.63, 3.8) is 0 Å². The molecule has 0 fully saturated rings. The zero-order valence-electron chi connectivity index (χ0n) is 9.85. The van der Waals surface area contributed by atoms with Crippen molar-refractivity contribution in [2.24, 2.45) is 0 Å². The Morgan fingerprint density at radius 1 is 1.50 bits per heavy atom. The number of ether oxygens (including phenoxy) is 1. The van der Waals surface area contributed by atoms with Gasteiger partial charge in [-0.2, -0.15) is 0 Å². The smallest absolute Gasteiger partial charge is 0.127 e.